The summed E-state index contributed by atoms with van der Waals surface area (Å²) in [5, 5.41) is 13.0. The molecule has 9 nitrogen and oxygen atoms in total. The highest BCUT2D eigenvalue weighted by Gasteiger charge is 2.17. The number of fused-ring (bicyclic) bond motifs is 1. The molecule has 0 unspecified atom stereocenters. The van der Waals surface area contributed by atoms with Crippen LogP contribution in [-0.2, 0) is 17.8 Å². The van der Waals surface area contributed by atoms with E-state index in [0.717, 1.165) is 5.56 Å². The van der Waals surface area contributed by atoms with E-state index in [1.807, 2.05) is 18.2 Å². The third-order valence-electron chi connectivity index (χ3n) is 5.27. The van der Waals surface area contributed by atoms with Gasteiger partial charge in [-0.2, -0.15) is 0 Å². The van der Waals surface area contributed by atoms with Gasteiger partial charge in [-0.3, -0.25) is 9.20 Å². The number of hydrogen-bond donors (Lipinski definition) is 2. The first kappa shape index (κ1) is 23.2. The van der Waals surface area contributed by atoms with E-state index in [1.165, 1.54) is 0 Å². The SMILES string of the molecule is COc1ccc(-c2cnc(NCc3ccc(OC)cc3OC)c3nc(CC(=O)O)cn23)c(Cl)c1. The zero-order chi connectivity index (χ0) is 24.2. The Hall–Kier alpha value is -3.98. The van der Waals surface area contributed by atoms with Crippen LogP contribution in [0.2, 0.25) is 5.02 Å². The number of rotatable bonds is 9. The number of halogens is 1. The van der Waals surface area contributed by atoms with Gasteiger partial charge in [-0.15, -0.1) is 0 Å². The van der Waals surface area contributed by atoms with Gasteiger partial charge in [0.25, 0.3) is 0 Å². The van der Waals surface area contributed by atoms with Gasteiger partial charge in [0.1, 0.15) is 17.2 Å². The lowest BCUT2D eigenvalue weighted by Crippen LogP contribution is -2.06. The quantitative estimate of drug-likeness (QED) is 0.363. The maximum Gasteiger partial charge on any atom is 0.309 e. The minimum atomic E-state index is -0.974. The van der Waals surface area contributed by atoms with Crippen molar-refractivity contribution in [2.24, 2.45) is 0 Å². The zero-order valence-electron chi connectivity index (χ0n) is 18.8. The number of hydrogen-bond acceptors (Lipinski definition) is 7. The van der Waals surface area contributed by atoms with E-state index in [2.05, 4.69) is 15.3 Å². The molecule has 2 heterocycles. The van der Waals surface area contributed by atoms with Gasteiger partial charge in [0.15, 0.2) is 11.5 Å². The standard InChI is InChI=1S/C24H23ClN4O5/c1-32-16-6-7-18(19(25)9-16)20-12-27-23(24-28-15(8-22(30)31)13-29(20)24)26-11-14-4-5-17(33-2)10-21(14)34-3/h4-7,9-10,12-13H,8,11H2,1-3H3,(H,26,27)(H,30,31). The molecule has 34 heavy (non-hydrogen) atoms. The highest BCUT2D eigenvalue weighted by atomic mass is 35.5. The molecule has 0 aliphatic rings. The molecule has 2 aromatic carbocycles. The predicted molar refractivity (Wildman–Crippen MR) is 128 cm³/mol. The van der Waals surface area contributed by atoms with E-state index < -0.39 is 5.97 Å². The van der Waals surface area contributed by atoms with Gasteiger partial charge < -0.3 is 24.6 Å². The molecule has 0 radical (unpaired) electrons. The number of nitrogens with zero attached hydrogens (tertiary/aromatic N) is 3. The summed E-state index contributed by atoms with van der Waals surface area (Å²) >= 11 is 6.50. The van der Waals surface area contributed by atoms with Crippen molar-refractivity contribution < 1.29 is 24.1 Å². The van der Waals surface area contributed by atoms with E-state index in [4.69, 9.17) is 25.8 Å². The van der Waals surface area contributed by atoms with Crippen LogP contribution in [0.1, 0.15) is 11.3 Å². The second-order valence-corrected chi connectivity index (χ2v) is 7.77. The summed E-state index contributed by atoms with van der Waals surface area (Å²) in [5.41, 5.74) is 3.15. The zero-order valence-corrected chi connectivity index (χ0v) is 19.6. The van der Waals surface area contributed by atoms with E-state index in [1.54, 1.807) is 56.3 Å². The van der Waals surface area contributed by atoms with Crippen molar-refractivity contribution in [1.82, 2.24) is 14.4 Å². The van der Waals surface area contributed by atoms with Crippen molar-refractivity contribution in [3.05, 3.63) is 65.1 Å². The summed E-state index contributed by atoms with van der Waals surface area (Å²) < 4.78 is 17.7. The lowest BCUT2D eigenvalue weighted by Gasteiger charge is -2.14. The molecule has 0 atom stereocenters. The number of anilines is 1. The Morgan fingerprint density at radius 3 is 2.50 bits per heavy atom. The third-order valence-corrected chi connectivity index (χ3v) is 5.58. The Kier molecular flexibility index (Phi) is 6.74. The molecule has 176 valence electrons. The van der Waals surface area contributed by atoms with Gasteiger partial charge in [0.05, 0.1) is 50.4 Å². The Balaban J connectivity index is 1.74. The van der Waals surface area contributed by atoms with Crippen LogP contribution >= 0.6 is 11.6 Å². The highest BCUT2D eigenvalue weighted by Crippen LogP contribution is 2.33. The maximum atomic E-state index is 11.3. The van der Waals surface area contributed by atoms with Crippen molar-refractivity contribution >= 4 is 29.0 Å². The van der Waals surface area contributed by atoms with E-state index in [9.17, 15) is 9.90 Å². The fraction of sp³-hybridized carbons (Fsp3) is 0.208. The van der Waals surface area contributed by atoms with Gasteiger partial charge in [0.2, 0.25) is 0 Å². The molecule has 0 saturated heterocycles. The molecule has 0 bridgehead atoms. The average Bonchev–Trinajstić information content (AvgIpc) is 3.25. The maximum absolute atomic E-state index is 11.3. The average molecular weight is 483 g/mol. The Morgan fingerprint density at radius 2 is 1.82 bits per heavy atom. The molecular weight excluding hydrogens is 460 g/mol. The summed E-state index contributed by atoms with van der Waals surface area (Å²) in [6.07, 6.45) is 3.13. The number of benzene rings is 2. The summed E-state index contributed by atoms with van der Waals surface area (Å²) in [6.45, 7) is 0.402. The lowest BCUT2D eigenvalue weighted by atomic mass is 10.1. The van der Waals surface area contributed by atoms with Crippen LogP contribution in [0.3, 0.4) is 0 Å². The molecule has 2 aromatic heterocycles. The molecule has 0 aliphatic heterocycles. The van der Waals surface area contributed by atoms with Crippen LogP contribution in [0.15, 0.2) is 48.8 Å². The van der Waals surface area contributed by atoms with Crippen LogP contribution < -0.4 is 19.5 Å². The number of carboxylic acid groups (broad SMARTS) is 1. The molecule has 0 amide bonds. The number of carboxylic acids is 1. The Labute approximate surface area is 200 Å². The van der Waals surface area contributed by atoms with Crippen LogP contribution in [0, 0.1) is 0 Å². The molecular formula is C24H23ClN4O5. The van der Waals surface area contributed by atoms with Crippen molar-refractivity contribution in [2.75, 3.05) is 26.6 Å². The second-order valence-electron chi connectivity index (χ2n) is 7.37. The van der Waals surface area contributed by atoms with E-state index in [0.29, 0.717) is 57.2 Å². The normalized spacial score (nSPS) is 10.8. The van der Waals surface area contributed by atoms with Crippen molar-refractivity contribution in [3.8, 4) is 28.5 Å². The fourth-order valence-corrected chi connectivity index (χ4v) is 3.86. The van der Waals surface area contributed by atoms with Gasteiger partial charge >= 0.3 is 5.97 Å². The molecule has 2 N–H and O–H groups in total. The van der Waals surface area contributed by atoms with Gasteiger partial charge in [-0.05, 0) is 30.3 Å². The first-order chi connectivity index (χ1) is 16.4. The molecule has 4 rings (SSSR count). The van der Waals surface area contributed by atoms with Crippen LogP contribution in [0.5, 0.6) is 17.2 Å². The first-order valence-electron chi connectivity index (χ1n) is 10.3. The van der Waals surface area contributed by atoms with Crippen molar-refractivity contribution in [1.29, 1.82) is 0 Å². The number of methoxy groups -OCH3 is 3. The predicted octanol–water partition coefficient (Wildman–Crippen LogP) is 4.31. The third kappa shape index (κ3) is 4.69. The summed E-state index contributed by atoms with van der Waals surface area (Å²) in [7, 11) is 4.75. The molecule has 0 fully saturated rings. The Morgan fingerprint density at radius 1 is 1.09 bits per heavy atom. The van der Waals surface area contributed by atoms with E-state index >= 15 is 0 Å². The topological polar surface area (TPSA) is 107 Å². The highest BCUT2D eigenvalue weighted by molar-refractivity contribution is 6.33. The molecule has 4 aromatic rings. The van der Waals surface area contributed by atoms with Gasteiger partial charge in [-0.1, -0.05) is 11.6 Å². The second kappa shape index (κ2) is 9.88. The van der Waals surface area contributed by atoms with Gasteiger partial charge in [-0.25, -0.2) is 9.97 Å². The number of imidazole rings is 1. The number of ether oxygens (including phenoxy) is 3. The van der Waals surface area contributed by atoms with Crippen LogP contribution in [0.25, 0.3) is 16.9 Å². The minimum absolute atomic E-state index is 0.219. The van der Waals surface area contributed by atoms with Crippen molar-refractivity contribution in [2.45, 2.75) is 13.0 Å². The molecule has 0 saturated carbocycles. The smallest absolute Gasteiger partial charge is 0.309 e. The first-order valence-corrected chi connectivity index (χ1v) is 10.7. The fourth-order valence-electron chi connectivity index (χ4n) is 3.60. The largest absolute Gasteiger partial charge is 0.497 e. The monoisotopic (exact) mass is 482 g/mol. The van der Waals surface area contributed by atoms with E-state index in [-0.39, 0.29) is 6.42 Å². The molecule has 0 spiro atoms. The number of carbonyl (C=O) groups is 1. The van der Waals surface area contributed by atoms with Gasteiger partial charge in [0, 0.05) is 29.9 Å². The van der Waals surface area contributed by atoms with Crippen LogP contribution in [0.4, 0.5) is 5.82 Å². The number of aromatic nitrogens is 3. The minimum Gasteiger partial charge on any atom is -0.497 e. The van der Waals surface area contributed by atoms with Crippen molar-refractivity contribution in [3.63, 3.8) is 0 Å². The summed E-state index contributed by atoms with van der Waals surface area (Å²) in [4.78, 5) is 20.4. The van der Waals surface area contributed by atoms with Crippen LogP contribution in [-0.4, -0.2) is 46.8 Å². The molecule has 10 heteroatoms. The summed E-state index contributed by atoms with van der Waals surface area (Å²) in [6, 6.07) is 10.9. The lowest BCUT2D eigenvalue weighted by molar-refractivity contribution is -0.136. The Bertz CT molecular complexity index is 1350. The summed E-state index contributed by atoms with van der Waals surface area (Å²) in [5.74, 6) is 1.50. The molecule has 0 aliphatic carbocycles. The number of nitrogens with one attached hydrogen (secondary N) is 1. The number of aliphatic carboxylic acids is 1.